The molecule has 3 aromatic rings. The van der Waals surface area contributed by atoms with Crippen LogP contribution in [0.25, 0.3) is 5.65 Å². The van der Waals surface area contributed by atoms with Crippen LogP contribution >= 0.6 is 35.0 Å². The molecule has 2 fully saturated rings. The first-order valence-corrected chi connectivity index (χ1v) is 11.2. The standard InChI is InChI=1S/C20H21Cl2N5OS/c21-13-2-1-3-14(17(13)22)29-19-18-24-6-9-27(18)16(10-25-19)26-7-4-20(5-8-26)12-28-11-15(20)23/h1-3,6,9-10,15H,4-5,7-8,11-12,23H2. The van der Waals surface area contributed by atoms with Crippen molar-refractivity contribution in [2.75, 3.05) is 31.2 Å². The van der Waals surface area contributed by atoms with Gasteiger partial charge in [0.2, 0.25) is 0 Å². The molecule has 2 aliphatic heterocycles. The van der Waals surface area contributed by atoms with Crippen LogP contribution in [0, 0.1) is 5.41 Å². The lowest BCUT2D eigenvalue weighted by Crippen LogP contribution is -2.49. The number of fused-ring (bicyclic) bond motifs is 1. The molecule has 0 saturated carbocycles. The second-order valence-corrected chi connectivity index (χ2v) is 9.48. The van der Waals surface area contributed by atoms with Gasteiger partial charge in [-0.15, -0.1) is 0 Å². The summed E-state index contributed by atoms with van der Waals surface area (Å²) in [6, 6.07) is 5.73. The Labute approximate surface area is 183 Å². The lowest BCUT2D eigenvalue weighted by Gasteiger charge is -2.41. The van der Waals surface area contributed by atoms with Crippen molar-refractivity contribution in [3.8, 4) is 0 Å². The molecule has 2 aliphatic rings. The molecule has 1 unspecified atom stereocenters. The van der Waals surface area contributed by atoms with E-state index in [1.807, 2.05) is 24.5 Å². The molecule has 0 aliphatic carbocycles. The first-order valence-electron chi connectivity index (χ1n) is 9.60. The van der Waals surface area contributed by atoms with Crippen molar-refractivity contribution in [2.24, 2.45) is 11.1 Å². The Morgan fingerprint density at radius 3 is 2.79 bits per heavy atom. The van der Waals surface area contributed by atoms with Gasteiger partial charge in [-0.2, -0.15) is 0 Å². The third kappa shape index (κ3) is 3.39. The fraction of sp³-hybridized carbons (Fsp3) is 0.400. The number of nitrogens with zero attached hydrogens (tertiary/aromatic N) is 4. The number of halogens is 2. The van der Waals surface area contributed by atoms with E-state index in [1.54, 1.807) is 12.3 Å². The number of anilines is 1. The summed E-state index contributed by atoms with van der Waals surface area (Å²) in [4.78, 5) is 12.5. The van der Waals surface area contributed by atoms with Crippen molar-refractivity contribution < 1.29 is 4.74 Å². The van der Waals surface area contributed by atoms with E-state index in [4.69, 9.17) is 38.7 Å². The summed E-state index contributed by atoms with van der Waals surface area (Å²) in [6.07, 6.45) is 7.75. The van der Waals surface area contributed by atoms with Gasteiger partial charge in [0.05, 0.1) is 29.5 Å². The Morgan fingerprint density at radius 2 is 2.03 bits per heavy atom. The van der Waals surface area contributed by atoms with Gasteiger partial charge in [0.1, 0.15) is 10.8 Å². The summed E-state index contributed by atoms with van der Waals surface area (Å²) < 4.78 is 7.74. The third-order valence-electron chi connectivity index (χ3n) is 6.06. The summed E-state index contributed by atoms with van der Waals surface area (Å²) in [7, 11) is 0. The van der Waals surface area contributed by atoms with Crippen molar-refractivity contribution in [1.82, 2.24) is 14.4 Å². The second-order valence-electron chi connectivity index (χ2n) is 7.67. The van der Waals surface area contributed by atoms with Crippen molar-refractivity contribution in [2.45, 2.75) is 28.8 Å². The van der Waals surface area contributed by atoms with E-state index >= 15 is 0 Å². The van der Waals surface area contributed by atoms with Crippen LogP contribution in [0.3, 0.4) is 0 Å². The first-order chi connectivity index (χ1) is 14.1. The molecule has 1 aromatic carbocycles. The minimum Gasteiger partial charge on any atom is -0.379 e. The molecule has 4 heterocycles. The van der Waals surface area contributed by atoms with Crippen LogP contribution in [0.15, 0.2) is 46.7 Å². The number of piperidine rings is 1. The Kier molecular flexibility index (Phi) is 5.12. The Morgan fingerprint density at radius 1 is 1.21 bits per heavy atom. The lowest BCUT2D eigenvalue weighted by atomic mass is 9.75. The minimum absolute atomic E-state index is 0.122. The number of hydrogen-bond acceptors (Lipinski definition) is 6. The van der Waals surface area contributed by atoms with Gasteiger partial charge < -0.3 is 15.4 Å². The van der Waals surface area contributed by atoms with Crippen molar-refractivity contribution in [3.05, 3.63) is 46.8 Å². The number of nitrogens with two attached hydrogens (primary N) is 1. The van der Waals surface area contributed by atoms with E-state index in [2.05, 4.69) is 14.3 Å². The fourth-order valence-electron chi connectivity index (χ4n) is 4.23. The number of rotatable bonds is 3. The van der Waals surface area contributed by atoms with Crippen LogP contribution in [0.4, 0.5) is 5.82 Å². The van der Waals surface area contributed by atoms with Crippen LogP contribution in [-0.4, -0.2) is 46.7 Å². The van der Waals surface area contributed by atoms with Gasteiger partial charge in [-0.3, -0.25) is 4.40 Å². The monoisotopic (exact) mass is 449 g/mol. The molecule has 0 bridgehead atoms. The largest absolute Gasteiger partial charge is 0.379 e. The Balaban J connectivity index is 1.42. The highest BCUT2D eigenvalue weighted by atomic mass is 35.5. The highest BCUT2D eigenvalue weighted by Crippen LogP contribution is 2.41. The summed E-state index contributed by atoms with van der Waals surface area (Å²) in [5, 5.41) is 1.86. The highest BCUT2D eigenvalue weighted by molar-refractivity contribution is 7.99. The average molecular weight is 450 g/mol. The van der Waals surface area contributed by atoms with Gasteiger partial charge in [-0.25, -0.2) is 9.97 Å². The van der Waals surface area contributed by atoms with Crippen molar-refractivity contribution in [3.63, 3.8) is 0 Å². The Hall–Kier alpha value is -1.51. The quantitative estimate of drug-likeness (QED) is 0.647. The van der Waals surface area contributed by atoms with Gasteiger partial charge in [0.15, 0.2) is 5.65 Å². The van der Waals surface area contributed by atoms with Gasteiger partial charge in [-0.05, 0) is 25.0 Å². The zero-order valence-corrected chi connectivity index (χ0v) is 18.1. The molecule has 1 spiro atoms. The van der Waals surface area contributed by atoms with Gasteiger partial charge in [-0.1, -0.05) is 41.0 Å². The molecule has 152 valence electrons. The molecule has 29 heavy (non-hydrogen) atoms. The summed E-state index contributed by atoms with van der Waals surface area (Å²) >= 11 is 14.0. The van der Waals surface area contributed by atoms with E-state index in [-0.39, 0.29) is 11.5 Å². The third-order valence-corrected chi connectivity index (χ3v) is 8.03. The van der Waals surface area contributed by atoms with Crippen LogP contribution in [-0.2, 0) is 4.74 Å². The average Bonchev–Trinajstić information content (AvgIpc) is 3.35. The molecule has 0 amide bonds. The molecule has 9 heteroatoms. The van der Waals surface area contributed by atoms with Crippen LogP contribution in [0.1, 0.15) is 12.8 Å². The van der Waals surface area contributed by atoms with E-state index in [9.17, 15) is 0 Å². The topological polar surface area (TPSA) is 68.7 Å². The predicted octanol–water partition coefficient (Wildman–Crippen LogP) is 4.13. The number of aromatic nitrogens is 3. The first kappa shape index (κ1) is 19.5. The van der Waals surface area contributed by atoms with Crippen molar-refractivity contribution >= 4 is 46.4 Å². The summed E-state index contributed by atoms with van der Waals surface area (Å²) in [5.41, 5.74) is 7.26. The Bertz CT molecular complexity index is 1050. The number of imidazole rings is 1. The SMILES string of the molecule is NC1COCC12CCN(c1cnc(Sc3cccc(Cl)c3Cl)c3nccn13)CC2. The highest BCUT2D eigenvalue weighted by Gasteiger charge is 2.44. The molecule has 1 atom stereocenters. The number of ether oxygens (including phenoxy) is 1. The molecule has 2 N–H and O–H groups in total. The molecule has 0 radical (unpaired) electrons. The maximum atomic E-state index is 6.36. The second kappa shape index (κ2) is 7.63. The number of hydrogen-bond donors (Lipinski definition) is 1. The molecule has 5 rings (SSSR count). The summed E-state index contributed by atoms with van der Waals surface area (Å²) in [5.74, 6) is 1.04. The zero-order chi connectivity index (χ0) is 20.0. The molecule has 2 aromatic heterocycles. The molecule has 2 saturated heterocycles. The summed E-state index contributed by atoms with van der Waals surface area (Å²) in [6.45, 7) is 3.30. The van der Waals surface area contributed by atoms with Crippen molar-refractivity contribution in [1.29, 1.82) is 0 Å². The van der Waals surface area contributed by atoms with E-state index in [1.165, 1.54) is 11.8 Å². The van der Waals surface area contributed by atoms with Crippen LogP contribution < -0.4 is 10.6 Å². The minimum atomic E-state index is 0.122. The van der Waals surface area contributed by atoms with Crippen LogP contribution in [0.5, 0.6) is 0 Å². The van der Waals surface area contributed by atoms with Gasteiger partial charge >= 0.3 is 0 Å². The van der Waals surface area contributed by atoms with E-state index in [0.29, 0.717) is 16.7 Å². The molecular formula is C20H21Cl2N5OS. The van der Waals surface area contributed by atoms with Crippen LogP contribution in [0.2, 0.25) is 10.0 Å². The smallest absolute Gasteiger partial charge is 0.171 e. The molecular weight excluding hydrogens is 429 g/mol. The predicted molar refractivity (Wildman–Crippen MR) is 116 cm³/mol. The lowest BCUT2D eigenvalue weighted by molar-refractivity contribution is 0.131. The maximum Gasteiger partial charge on any atom is 0.171 e. The maximum absolute atomic E-state index is 6.36. The zero-order valence-electron chi connectivity index (χ0n) is 15.7. The molecule has 6 nitrogen and oxygen atoms in total. The fourth-order valence-corrected chi connectivity index (χ4v) is 5.60. The number of benzene rings is 1. The normalized spacial score (nSPS) is 21.3. The van der Waals surface area contributed by atoms with E-state index in [0.717, 1.165) is 53.9 Å². The van der Waals surface area contributed by atoms with Gasteiger partial charge in [0.25, 0.3) is 0 Å². The van der Waals surface area contributed by atoms with Gasteiger partial charge in [0, 0.05) is 41.8 Å². The van der Waals surface area contributed by atoms with E-state index < -0.39 is 0 Å².